The highest BCUT2D eigenvalue weighted by atomic mass is 79.9. The van der Waals surface area contributed by atoms with Crippen molar-refractivity contribution in [3.8, 4) is 0 Å². The predicted molar refractivity (Wildman–Crippen MR) is 62.5 cm³/mol. The van der Waals surface area contributed by atoms with Crippen molar-refractivity contribution in [2.75, 3.05) is 19.1 Å². The Bertz CT molecular complexity index is 381. The van der Waals surface area contributed by atoms with Gasteiger partial charge in [0, 0.05) is 12.1 Å². The van der Waals surface area contributed by atoms with E-state index < -0.39 is 0 Å². The van der Waals surface area contributed by atoms with E-state index in [0.29, 0.717) is 35.9 Å². The second-order valence-corrected chi connectivity index (χ2v) is 4.14. The molecule has 0 aliphatic heterocycles. The normalized spacial score (nSPS) is 10.6. The smallest absolute Gasteiger partial charge is 0.267 e. The summed E-state index contributed by atoms with van der Waals surface area (Å²) in [5.41, 5.74) is -0.0861. The summed E-state index contributed by atoms with van der Waals surface area (Å²) < 4.78 is 7.23. The molecular weight excluding hydrogens is 283 g/mol. The molecule has 84 valence electrons. The standard InChI is InChI=1S/C9H12BrClN2O2/c1-7-12-6-8(10)9(14)13(7)3-5-15-4-2-11/h6H,2-5H2,1H3. The highest BCUT2D eigenvalue weighted by Gasteiger charge is 2.04. The van der Waals surface area contributed by atoms with Crippen molar-refractivity contribution < 1.29 is 4.74 Å². The van der Waals surface area contributed by atoms with E-state index in [-0.39, 0.29) is 5.56 Å². The molecule has 1 heterocycles. The Hall–Kier alpha value is -0.390. The van der Waals surface area contributed by atoms with Crippen molar-refractivity contribution in [1.29, 1.82) is 0 Å². The lowest BCUT2D eigenvalue weighted by Crippen LogP contribution is -2.26. The molecule has 0 radical (unpaired) electrons. The second kappa shape index (κ2) is 6.25. The summed E-state index contributed by atoms with van der Waals surface area (Å²) >= 11 is 8.60. The number of ether oxygens (including phenoxy) is 1. The van der Waals surface area contributed by atoms with Crippen molar-refractivity contribution in [3.63, 3.8) is 0 Å². The predicted octanol–water partition coefficient (Wildman–Crippen LogP) is 1.57. The zero-order valence-corrected chi connectivity index (χ0v) is 10.7. The van der Waals surface area contributed by atoms with Crippen molar-refractivity contribution >= 4 is 27.5 Å². The molecule has 0 spiro atoms. The quantitative estimate of drug-likeness (QED) is 0.612. The number of nitrogens with zero attached hydrogens (tertiary/aromatic N) is 2. The summed E-state index contributed by atoms with van der Waals surface area (Å²) in [4.78, 5) is 15.7. The third-order valence-corrected chi connectivity index (χ3v) is 2.58. The van der Waals surface area contributed by atoms with Crippen molar-refractivity contribution in [1.82, 2.24) is 9.55 Å². The van der Waals surface area contributed by atoms with E-state index in [0.717, 1.165) is 0 Å². The molecule has 0 saturated heterocycles. The molecular formula is C9H12BrClN2O2. The number of aryl methyl sites for hydroxylation is 1. The topological polar surface area (TPSA) is 44.1 Å². The molecule has 0 saturated carbocycles. The van der Waals surface area contributed by atoms with E-state index in [1.807, 2.05) is 0 Å². The molecule has 0 aromatic carbocycles. The zero-order valence-electron chi connectivity index (χ0n) is 8.37. The van der Waals surface area contributed by atoms with E-state index in [1.54, 1.807) is 11.5 Å². The molecule has 15 heavy (non-hydrogen) atoms. The van der Waals surface area contributed by atoms with E-state index in [1.165, 1.54) is 6.20 Å². The second-order valence-electron chi connectivity index (χ2n) is 2.91. The van der Waals surface area contributed by atoms with Crippen LogP contribution in [0.2, 0.25) is 0 Å². The van der Waals surface area contributed by atoms with Crippen LogP contribution in [0.5, 0.6) is 0 Å². The number of halogens is 2. The number of rotatable bonds is 5. The minimum absolute atomic E-state index is 0.0861. The first-order valence-electron chi connectivity index (χ1n) is 4.52. The lowest BCUT2D eigenvalue weighted by atomic mass is 10.5. The van der Waals surface area contributed by atoms with Gasteiger partial charge in [0.2, 0.25) is 0 Å². The fourth-order valence-electron chi connectivity index (χ4n) is 1.13. The summed E-state index contributed by atoms with van der Waals surface area (Å²) in [7, 11) is 0. The lowest BCUT2D eigenvalue weighted by molar-refractivity contribution is 0.139. The highest BCUT2D eigenvalue weighted by Crippen LogP contribution is 2.01. The molecule has 6 heteroatoms. The van der Waals surface area contributed by atoms with Crippen molar-refractivity contribution in [2.24, 2.45) is 0 Å². The summed E-state index contributed by atoms with van der Waals surface area (Å²) in [5, 5.41) is 0. The molecule has 1 rings (SSSR count). The van der Waals surface area contributed by atoms with Crippen LogP contribution in [-0.2, 0) is 11.3 Å². The van der Waals surface area contributed by atoms with Gasteiger partial charge in [0.1, 0.15) is 10.3 Å². The van der Waals surface area contributed by atoms with Gasteiger partial charge in [0.05, 0.1) is 19.8 Å². The molecule has 0 unspecified atom stereocenters. The minimum Gasteiger partial charge on any atom is -0.378 e. The van der Waals surface area contributed by atoms with Gasteiger partial charge in [-0.2, -0.15) is 0 Å². The summed E-state index contributed by atoms with van der Waals surface area (Å²) in [6, 6.07) is 0. The van der Waals surface area contributed by atoms with Crippen LogP contribution in [-0.4, -0.2) is 28.6 Å². The van der Waals surface area contributed by atoms with Gasteiger partial charge in [0.25, 0.3) is 5.56 Å². The van der Waals surface area contributed by atoms with Crippen LogP contribution in [0.25, 0.3) is 0 Å². The van der Waals surface area contributed by atoms with Gasteiger partial charge >= 0.3 is 0 Å². The van der Waals surface area contributed by atoms with Gasteiger partial charge in [-0.05, 0) is 22.9 Å². The molecule has 0 fully saturated rings. The van der Waals surface area contributed by atoms with E-state index in [4.69, 9.17) is 16.3 Å². The van der Waals surface area contributed by atoms with Gasteiger partial charge in [-0.1, -0.05) is 0 Å². The number of alkyl halides is 1. The fraction of sp³-hybridized carbons (Fsp3) is 0.556. The fourth-order valence-corrected chi connectivity index (χ4v) is 1.55. The Morgan fingerprint density at radius 3 is 3.00 bits per heavy atom. The van der Waals surface area contributed by atoms with Crippen LogP contribution in [0.3, 0.4) is 0 Å². The van der Waals surface area contributed by atoms with Crippen LogP contribution in [0.4, 0.5) is 0 Å². The van der Waals surface area contributed by atoms with Crippen LogP contribution >= 0.6 is 27.5 Å². The largest absolute Gasteiger partial charge is 0.378 e. The van der Waals surface area contributed by atoms with Gasteiger partial charge in [0.15, 0.2) is 0 Å². The molecule has 0 atom stereocenters. The first-order chi connectivity index (χ1) is 7.16. The van der Waals surface area contributed by atoms with Crippen molar-refractivity contribution in [3.05, 3.63) is 26.8 Å². The van der Waals surface area contributed by atoms with E-state index >= 15 is 0 Å². The Balaban J connectivity index is 2.68. The summed E-state index contributed by atoms with van der Waals surface area (Å²) in [5.74, 6) is 1.14. The number of hydrogen-bond donors (Lipinski definition) is 0. The maximum Gasteiger partial charge on any atom is 0.267 e. The first-order valence-corrected chi connectivity index (χ1v) is 5.85. The van der Waals surface area contributed by atoms with Gasteiger partial charge < -0.3 is 4.74 Å². The molecule has 4 nitrogen and oxygen atoms in total. The molecule has 0 N–H and O–H groups in total. The number of hydrogen-bond acceptors (Lipinski definition) is 3. The molecule has 1 aromatic rings. The summed E-state index contributed by atoms with van der Waals surface area (Å²) in [6.45, 7) is 3.24. The van der Waals surface area contributed by atoms with E-state index in [9.17, 15) is 4.79 Å². The summed E-state index contributed by atoms with van der Waals surface area (Å²) in [6.07, 6.45) is 1.51. The Kier molecular flexibility index (Phi) is 5.28. The maximum absolute atomic E-state index is 11.6. The van der Waals surface area contributed by atoms with Gasteiger partial charge in [-0.3, -0.25) is 9.36 Å². The van der Waals surface area contributed by atoms with Crippen molar-refractivity contribution in [2.45, 2.75) is 13.5 Å². The molecule has 1 aromatic heterocycles. The molecule has 0 bridgehead atoms. The molecule has 0 amide bonds. The average Bonchev–Trinajstić information content (AvgIpc) is 2.23. The van der Waals surface area contributed by atoms with Crippen LogP contribution < -0.4 is 5.56 Å². The molecule has 0 aliphatic rings. The SMILES string of the molecule is Cc1ncc(Br)c(=O)n1CCOCCCl. The van der Waals surface area contributed by atoms with Gasteiger partial charge in [-0.25, -0.2) is 4.98 Å². The van der Waals surface area contributed by atoms with Crippen LogP contribution in [0, 0.1) is 6.92 Å². The van der Waals surface area contributed by atoms with E-state index in [2.05, 4.69) is 20.9 Å². The third kappa shape index (κ3) is 3.59. The van der Waals surface area contributed by atoms with Crippen LogP contribution in [0.15, 0.2) is 15.5 Å². The van der Waals surface area contributed by atoms with Gasteiger partial charge in [-0.15, -0.1) is 11.6 Å². The Morgan fingerprint density at radius 1 is 1.60 bits per heavy atom. The minimum atomic E-state index is -0.0861. The monoisotopic (exact) mass is 294 g/mol. The maximum atomic E-state index is 11.6. The molecule has 0 aliphatic carbocycles. The lowest BCUT2D eigenvalue weighted by Gasteiger charge is -2.09. The van der Waals surface area contributed by atoms with Crippen LogP contribution in [0.1, 0.15) is 5.82 Å². The first kappa shape index (κ1) is 12.7. The average molecular weight is 296 g/mol. The zero-order chi connectivity index (χ0) is 11.3. The Labute approximate surface area is 101 Å². The third-order valence-electron chi connectivity index (χ3n) is 1.89. The highest BCUT2D eigenvalue weighted by molar-refractivity contribution is 9.10. The number of aromatic nitrogens is 2. The Morgan fingerprint density at radius 2 is 2.33 bits per heavy atom.